The number of halogens is 2. The van der Waals surface area contributed by atoms with Gasteiger partial charge in [0.2, 0.25) is 0 Å². The van der Waals surface area contributed by atoms with Crippen LogP contribution in [0.1, 0.15) is 6.92 Å². The predicted octanol–water partition coefficient (Wildman–Crippen LogP) is 4.08. The van der Waals surface area contributed by atoms with E-state index in [2.05, 4.69) is 5.32 Å². The molecule has 0 aromatic heterocycles. The fourth-order valence-electron chi connectivity index (χ4n) is 1.97. The summed E-state index contributed by atoms with van der Waals surface area (Å²) in [6, 6.07) is 8.79. The molecule has 8 heteroatoms. The Bertz CT molecular complexity index is 767. The summed E-state index contributed by atoms with van der Waals surface area (Å²) in [7, 11) is 0. The third kappa shape index (κ3) is 4.19. The average Bonchev–Trinajstić information content (AvgIpc) is 2.51. The second-order valence-electron chi connectivity index (χ2n) is 4.67. The first-order chi connectivity index (χ1) is 11.4. The van der Waals surface area contributed by atoms with Crippen LogP contribution in [-0.2, 0) is 0 Å². The third-order valence-electron chi connectivity index (χ3n) is 3.05. The topological polar surface area (TPSA) is 78.9 Å². The fourth-order valence-corrected chi connectivity index (χ4v) is 1.97. The Hall–Kier alpha value is -3.16. The van der Waals surface area contributed by atoms with E-state index in [1.807, 2.05) is 0 Å². The molecule has 2 rings (SSSR count). The highest BCUT2D eigenvalue weighted by atomic mass is 19.2. The number of hydrogen-bond donors (Lipinski definition) is 2. The number of hydrogen-bond acceptors (Lipinski definition) is 3. The van der Waals surface area contributed by atoms with Gasteiger partial charge in [-0.05, 0) is 31.2 Å². The minimum absolute atomic E-state index is 0.0239. The molecule has 0 aliphatic heterocycles. The summed E-state index contributed by atoms with van der Waals surface area (Å²) in [5.74, 6) is -2.03. The maximum atomic E-state index is 13.1. The van der Waals surface area contributed by atoms with Crippen LogP contribution in [0, 0.1) is 11.6 Å². The Balaban J connectivity index is 2.08. The van der Waals surface area contributed by atoms with E-state index in [1.54, 1.807) is 13.0 Å². The van der Waals surface area contributed by atoms with Crippen LogP contribution >= 0.6 is 0 Å². The molecule has 0 bridgehead atoms. The molecular weight excluding hydrogens is 322 g/mol. The summed E-state index contributed by atoms with van der Waals surface area (Å²) in [6.07, 6.45) is -2.06. The Kier molecular flexibility index (Phi) is 5.31. The predicted molar refractivity (Wildman–Crippen MR) is 83.5 cm³/mol. The van der Waals surface area contributed by atoms with Gasteiger partial charge in [-0.3, -0.25) is 10.2 Å². The highest BCUT2D eigenvalue weighted by Crippen LogP contribution is 2.22. The Morgan fingerprint density at radius 3 is 2.54 bits per heavy atom. The van der Waals surface area contributed by atoms with Crippen LogP contribution in [0.3, 0.4) is 0 Å². The Morgan fingerprint density at radius 2 is 1.92 bits per heavy atom. The summed E-state index contributed by atoms with van der Waals surface area (Å²) < 4.78 is 30.9. The zero-order chi connectivity index (χ0) is 17.7. The average molecular weight is 336 g/mol. The number of carbonyl (C=O) groups is 2. The van der Waals surface area contributed by atoms with Crippen molar-refractivity contribution in [3.05, 3.63) is 54.1 Å². The van der Waals surface area contributed by atoms with E-state index in [9.17, 15) is 18.4 Å². The van der Waals surface area contributed by atoms with E-state index in [4.69, 9.17) is 9.84 Å². The van der Waals surface area contributed by atoms with Gasteiger partial charge in [0.05, 0.1) is 5.69 Å². The van der Waals surface area contributed by atoms with E-state index in [1.165, 1.54) is 24.3 Å². The van der Waals surface area contributed by atoms with Crippen molar-refractivity contribution in [1.29, 1.82) is 0 Å². The van der Waals surface area contributed by atoms with Gasteiger partial charge < -0.3 is 9.84 Å². The summed E-state index contributed by atoms with van der Waals surface area (Å²) in [6.45, 7) is 1.89. The molecule has 0 saturated heterocycles. The minimum atomic E-state index is -1.14. The SMILES string of the molecule is CCN(C(=O)O)c1cccc(OC(=O)Nc2ccc(F)c(F)c2)c1. The molecule has 0 aliphatic rings. The summed E-state index contributed by atoms with van der Waals surface area (Å²) in [5.41, 5.74) is 0.360. The van der Waals surface area contributed by atoms with Gasteiger partial charge in [0.1, 0.15) is 5.75 Å². The van der Waals surface area contributed by atoms with Gasteiger partial charge in [-0.2, -0.15) is 0 Å². The maximum absolute atomic E-state index is 13.1. The van der Waals surface area contributed by atoms with Crippen molar-refractivity contribution < 1.29 is 28.2 Å². The van der Waals surface area contributed by atoms with Gasteiger partial charge in [0.25, 0.3) is 0 Å². The molecule has 126 valence electrons. The van der Waals surface area contributed by atoms with Gasteiger partial charge in [-0.1, -0.05) is 6.07 Å². The number of nitrogens with zero attached hydrogens (tertiary/aromatic N) is 1. The molecule has 0 spiro atoms. The molecule has 6 nitrogen and oxygen atoms in total. The summed E-state index contributed by atoms with van der Waals surface area (Å²) in [4.78, 5) is 24.0. The lowest BCUT2D eigenvalue weighted by Crippen LogP contribution is -2.28. The monoisotopic (exact) mass is 336 g/mol. The van der Waals surface area contributed by atoms with Crippen LogP contribution in [0.2, 0.25) is 0 Å². The number of nitrogens with one attached hydrogen (secondary N) is 1. The smallest absolute Gasteiger partial charge is 0.417 e. The zero-order valence-electron chi connectivity index (χ0n) is 12.6. The van der Waals surface area contributed by atoms with Crippen LogP contribution in [0.4, 0.5) is 29.7 Å². The van der Waals surface area contributed by atoms with Gasteiger partial charge in [-0.25, -0.2) is 18.4 Å². The lowest BCUT2D eigenvalue weighted by Gasteiger charge is -2.17. The molecule has 0 atom stereocenters. The Labute approximate surface area is 136 Å². The van der Waals surface area contributed by atoms with Gasteiger partial charge in [-0.15, -0.1) is 0 Å². The summed E-state index contributed by atoms with van der Waals surface area (Å²) >= 11 is 0. The fraction of sp³-hybridized carbons (Fsp3) is 0.125. The molecule has 0 unspecified atom stereocenters. The van der Waals surface area contributed by atoms with Gasteiger partial charge in [0, 0.05) is 24.4 Å². The van der Waals surface area contributed by atoms with Crippen molar-refractivity contribution >= 4 is 23.6 Å². The van der Waals surface area contributed by atoms with Crippen LogP contribution in [-0.4, -0.2) is 23.8 Å². The molecule has 2 aromatic carbocycles. The number of carboxylic acid groups (broad SMARTS) is 1. The van der Waals surface area contributed by atoms with Crippen LogP contribution < -0.4 is 15.0 Å². The standard InChI is InChI=1S/C16H14F2N2O4/c1-2-20(16(22)23)11-4-3-5-12(9-11)24-15(21)19-10-6-7-13(17)14(18)8-10/h3-9H,2H2,1H3,(H,19,21)(H,22,23). The van der Waals surface area contributed by atoms with Crippen molar-refractivity contribution in [2.75, 3.05) is 16.8 Å². The minimum Gasteiger partial charge on any atom is -0.465 e. The molecule has 0 radical (unpaired) electrons. The van der Waals surface area contributed by atoms with Crippen molar-refractivity contribution in [2.45, 2.75) is 6.92 Å². The highest BCUT2D eigenvalue weighted by molar-refractivity contribution is 5.88. The molecule has 2 aromatic rings. The first-order valence-electron chi connectivity index (χ1n) is 6.95. The maximum Gasteiger partial charge on any atom is 0.417 e. The van der Waals surface area contributed by atoms with Crippen molar-refractivity contribution in [3.8, 4) is 5.75 Å². The first kappa shape index (κ1) is 17.2. The van der Waals surface area contributed by atoms with Crippen LogP contribution in [0.5, 0.6) is 5.75 Å². The van der Waals surface area contributed by atoms with E-state index >= 15 is 0 Å². The van der Waals surface area contributed by atoms with Crippen LogP contribution in [0.15, 0.2) is 42.5 Å². The second kappa shape index (κ2) is 7.40. The molecule has 0 aliphatic carbocycles. The number of ether oxygens (including phenoxy) is 1. The number of benzene rings is 2. The second-order valence-corrected chi connectivity index (χ2v) is 4.67. The normalized spacial score (nSPS) is 10.1. The quantitative estimate of drug-likeness (QED) is 0.882. The third-order valence-corrected chi connectivity index (χ3v) is 3.05. The van der Waals surface area contributed by atoms with Crippen molar-refractivity contribution in [3.63, 3.8) is 0 Å². The molecular formula is C16H14F2N2O4. The van der Waals surface area contributed by atoms with Crippen molar-refractivity contribution in [1.82, 2.24) is 0 Å². The molecule has 0 heterocycles. The van der Waals surface area contributed by atoms with E-state index in [-0.39, 0.29) is 18.0 Å². The van der Waals surface area contributed by atoms with Crippen molar-refractivity contribution in [2.24, 2.45) is 0 Å². The zero-order valence-corrected chi connectivity index (χ0v) is 12.6. The van der Waals surface area contributed by atoms with Gasteiger partial charge in [0.15, 0.2) is 11.6 Å². The van der Waals surface area contributed by atoms with E-state index in [0.29, 0.717) is 5.69 Å². The molecule has 0 saturated carbocycles. The van der Waals surface area contributed by atoms with E-state index < -0.39 is 23.8 Å². The summed E-state index contributed by atoms with van der Waals surface area (Å²) in [5, 5.41) is 11.3. The number of rotatable bonds is 4. The number of carbonyl (C=O) groups excluding carboxylic acids is 1. The van der Waals surface area contributed by atoms with E-state index in [0.717, 1.165) is 17.0 Å². The highest BCUT2D eigenvalue weighted by Gasteiger charge is 2.14. The molecule has 0 fully saturated rings. The first-order valence-corrected chi connectivity index (χ1v) is 6.95. The molecule has 2 amide bonds. The van der Waals surface area contributed by atoms with Gasteiger partial charge >= 0.3 is 12.2 Å². The number of anilines is 2. The molecule has 2 N–H and O–H groups in total. The lowest BCUT2D eigenvalue weighted by molar-refractivity contribution is 0.202. The Morgan fingerprint density at radius 1 is 1.17 bits per heavy atom. The largest absolute Gasteiger partial charge is 0.465 e. The number of amides is 2. The molecule has 24 heavy (non-hydrogen) atoms. The van der Waals surface area contributed by atoms with Crippen LogP contribution in [0.25, 0.3) is 0 Å². The lowest BCUT2D eigenvalue weighted by atomic mass is 10.3.